The smallest absolute Gasteiger partial charge is 0.127 e. The van der Waals surface area contributed by atoms with Gasteiger partial charge in [0.2, 0.25) is 0 Å². The Labute approximate surface area is 130 Å². The molecule has 0 aromatic heterocycles. The molecule has 22 heavy (non-hydrogen) atoms. The lowest BCUT2D eigenvalue weighted by molar-refractivity contribution is 0.325. The Morgan fingerprint density at radius 2 is 1.50 bits per heavy atom. The largest absolute Gasteiger partial charge is 0.492 e. The van der Waals surface area contributed by atoms with Crippen LogP contribution < -0.4 is 20.9 Å². The minimum absolute atomic E-state index is 0.407. The fourth-order valence-corrected chi connectivity index (χ4v) is 2.09. The van der Waals surface area contributed by atoms with Gasteiger partial charge >= 0.3 is 0 Å². The van der Waals surface area contributed by atoms with Gasteiger partial charge in [-0.25, -0.2) is 0 Å². The SMILES string of the molecule is N#Cc1ccc(OCCN)c(-c2ccccc2OCCN)c1. The predicted molar refractivity (Wildman–Crippen MR) is 85.7 cm³/mol. The fraction of sp³-hybridized carbons (Fsp3) is 0.235. The van der Waals surface area contributed by atoms with Crippen molar-refractivity contribution in [3.05, 3.63) is 48.0 Å². The molecule has 0 unspecified atom stereocenters. The van der Waals surface area contributed by atoms with Crippen molar-refractivity contribution in [2.75, 3.05) is 26.3 Å². The number of para-hydroxylation sites is 1. The van der Waals surface area contributed by atoms with E-state index in [1.54, 1.807) is 18.2 Å². The summed E-state index contributed by atoms with van der Waals surface area (Å²) in [7, 11) is 0. The van der Waals surface area contributed by atoms with Gasteiger partial charge < -0.3 is 20.9 Å². The van der Waals surface area contributed by atoms with Crippen LogP contribution in [0, 0.1) is 11.3 Å². The van der Waals surface area contributed by atoms with Gasteiger partial charge in [-0.1, -0.05) is 18.2 Å². The average Bonchev–Trinajstić information content (AvgIpc) is 2.58. The number of hydrogen-bond acceptors (Lipinski definition) is 5. The molecule has 0 saturated carbocycles. The lowest BCUT2D eigenvalue weighted by atomic mass is 10.0. The van der Waals surface area contributed by atoms with Crippen molar-refractivity contribution in [3.8, 4) is 28.7 Å². The topological polar surface area (TPSA) is 94.3 Å². The summed E-state index contributed by atoms with van der Waals surface area (Å²) < 4.78 is 11.4. The number of ether oxygens (including phenoxy) is 2. The summed E-state index contributed by atoms with van der Waals surface area (Å²) in [5, 5.41) is 9.13. The molecular formula is C17H19N3O2. The molecular weight excluding hydrogens is 278 g/mol. The van der Waals surface area contributed by atoms with Crippen LogP contribution in [-0.4, -0.2) is 26.3 Å². The molecule has 0 fully saturated rings. The summed E-state index contributed by atoms with van der Waals surface area (Å²) in [5.74, 6) is 1.38. The highest BCUT2D eigenvalue weighted by molar-refractivity contribution is 5.77. The molecule has 0 radical (unpaired) electrons. The van der Waals surface area contributed by atoms with E-state index < -0.39 is 0 Å². The molecule has 2 aromatic rings. The third-order valence-electron chi connectivity index (χ3n) is 3.04. The van der Waals surface area contributed by atoms with Gasteiger partial charge in [0.05, 0.1) is 11.6 Å². The first-order valence-corrected chi connectivity index (χ1v) is 7.09. The van der Waals surface area contributed by atoms with E-state index in [2.05, 4.69) is 6.07 Å². The van der Waals surface area contributed by atoms with Crippen molar-refractivity contribution in [3.63, 3.8) is 0 Å². The van der Waals surface area contributed by atoms with E-state index >= 15 is 0 Å². The Bertz CT molecular complexity index is 665. The number of rotatable bonds is 7. The molecule has 0 aliphatic heterocycles. The van der Waals surface area contributed by atoms with Gasteiger partial charge in [0, 0.05) is 24.2 Å². The first-order chi connectivity index (χ1) is 10.8. The molecule has 0 amide bonds. The van der Waals surface area contributed by atoms with Crippen molar-refractivity contribution >= 4 is 0 Å². The van der Waals surface area contributed by atoms with Gasteiger partial charge in [-0.2, -0.15) is 5.26 Å². The first-order valence-electron chi connectivity index (χ1n) is 7.09. The second kappa shape index (κ2) is 8.03. The van der Waals surface area contributed by atoms with Gasteiger partial charge in [-0.15, -0.1) is 0 Å². The summed E-state index contributed by atoms with van der Waals surface area (Å²) >= 11 is 0. The van der Waals surface area contributed by atoms with Gasteiger partial charge in [0.25, 0.3) is 0 Å². The van der Waals surface area contributed by atoms with Crippen LogP contribution in [0.4, 0.5) is 0 Å². The van der Waals surface area contributed by atoms with Gasteiger partial charge in [-0.05, 0) is 24.3 Å². The lowest BCUT2D eigenvalue weighted by Gasteiger charge is -2.15. The quantitative estimate of drug-likeness (QED) is 0.814. The first kappa shape index (κ1) is 15.8. The molecule has 5 nitrogen and oxygen atoms in total. The molecule has 2 aromatic carbocycles. The summed E-state index contributed by atoms with van der Waals surface area (Å²) in [6.45, 7) is 1.69. The van der Waals surface area contributed by atoms with E-state index in [-0.39, 0.29) is 0 Å². The Morgan fingerprint density at radius 3 is 2.14 bits per heavy atom. The van der Waals surface area contributed by atoms with Gasteiger partial charge in [-0.3, -0.25) is 0 Å². The number of nitrogens with zero attached hydrogens (tertiary/aromatic N) is 1. The molecule has 0 heterocycles. The summed E-state index contributed by atoms with van der Waals surface area (Å²) in [6, 6.07) is 15.0. The molecule has 5 heteroatoms. The van der Waals surface area contributed by atoms with Crippen LogP contribution >= 0.6 is 0 Å². The Morgan fingerprint density at radius 1 is 0.864 bits per heavy atom. The third kappa shape index (κ3) is 3.76. The minimum Gasteiger partial charge on any atom is -0.492 e. The van der Waals surface area contributed by atoms with Crippen LogP contribution in [0.1, 0.15) is 5.56 Å². The highest BCUT2D eigenvalue weighted by Gasteiger charge is 2.12. The average molecular weight is 297 g/mol. The van der Waals surface area contributed by atoms with Crippen molar-refractivity contribution in [2.45, 2.75) is 0 Å². The maximum absolute atomic E-state index is 9.13. The second-order valence-electron chi connectivity index (χ2n) is 4.59. The van der Waals surface area contributed by atoms with Crippen molar-refractivity contribution in [1.82, 2.24) is 0 Å². The molecule has 0 aliphatic carbocycles. The summed E-state index contributed by atoms with van der Waals surface area (Å²) in [6.07, 6.45) is 0. The Kier molecular flexibility index (Phi) is 5.78. The summed E-state index contributed by atoms with van der Waals surface area (Å²) in [4.78, 5) is 0. The monoisotopic (exact) mass is 297 g/mol. The van der Waals surface area contributed by atoms with Crippen molar-refractivity contribution in [1.29, 1.82) is 5.26 Å². The van der Waals surface area contributed by atoms with Crippen LogP contribution in [0.3, 0.4) is 0 Å². The highest BCUT2D eigenvalue weighted by Crippen LogP contribution is 2.37. The Balaban J connectivity index is 2.47. The molecule has 0 aliphatic rings. The standard InChI is InChI=1S/C17H19N3O2/c18-7-9-21-16-4-2-1-3-14(16)15-11-13(12-20)5-6-17(15)22-10-8-19/h1-6,11H,7-10,18-19H2. The molecule has 2 rings (SSSR count). The van der Waals surface area contributed by atoms with Gasteiger partial charge in [0.15, 0.2) is 0 Å². The van der Waals surface area contributed by atoms with Crippen LogP contribution in [0.5, 0.6) is 11.5 Å². The number of hydrogen-bond donors (Lipinski definition) is 2. The zero-order chi connectivity index (χ0) is 15.8. The third-order valence-corrected chi connectivity index (χ3v) is 3.04. The van der Waals surface area contributed by atoms with Gasteiger partial charge in [0.1, 0.15) is 24.7 Å². The maximum Gasteiger partial charge on any atom is 0.127 e. The number of benzene rings is 2. The zero-order valence-electron chi connectivity index (χ0n) is 12.3. The predicted octanol–water partition coefficient (Wildman–Crippen LogP) is 1.90. The fourth-order valence-electron chi connectivity index (χ4n) is 2.09. The van der Waals surface area contributed by atoms with E-state index in [1.165, 1.54) is 0 Å². The molecule has 114 valence electrons. The van der Waals surface area contributed by atoms with Crippen molar-refractivity contribution in [2.24, 2.45) is 11.5 Å². The maximum atomic E-state index is 9.13. The van der Waals surface area contributed by atoms with Crippen molar-refractivity contribution < 1.29 is 9.47 Å². The van der Waals surface area contributed by atoms with Crippen LogP contribution in [0.2, 0.25) is 0 Å². The summed E-state index contributed by atoms with van der Waals surface area (Å²) in [5.41, 5.74) is 13.2. The van der Waals surface area contributed by atoms with E-state index in [1.807, 2.05) is 24.3 Å². The normalized spacial score (nSPS) is 10.0. The van der Waals surface area contributed by atoms with E-state index in [0.29, 0.717) is 43.4 Å². The number of nitrogens with two attached hydrogens (primary N) is 2. The van der Waals surface area contributed by atoms with Crippen LogP contribution in [0.15, 0.2) is 42.5 Å². The van der Waals surface area contributed by atoms with E-state index in [9.17, 15) is 0 Å². The molecule has 4 N–H and O–H groups in total. The van der Waals surface area contributed by atoms with E-state index in [0.717, 1.165) is 11.1 Å². The van der Waals surface area contributed by atoms with Crippen LogP contribution in [-0.2, 0) is 0 Å². The molecule has 0 bridgehead atoms. The highest BCUT2D eigenvalue weighted by atomic mass is 16.5. The number of nitriles is 1. The molecule has 0 saturated heterocycles. The van der Waals surface area contributed by atoms with E-state index in [4.69, 9.17) is 26.2 Å². The minimum atomic E-state index is 0.407. The molecule has 0 spiro atoms. The zero-order valence-corrected chi connectivity index (χ0v) is 12.3. The van der Waals surface area contributed by atoms with Crippen LogP contribution in [0.25, 0.3) is 11.1 Å². The molecule has 0 atom stereocenters. The lowest BCUT2D eigenvalue weighted by Crippen LogP contribution is -2.12. The second-order valence-corrected chi connectivity index (χ2v) is 4.59. The Hall–Kier alpha value is -2.55.